The molecule has 2 N–H and O–H groups in total. The first-order chi connectivity index (χ1) is 6.40. The first kappa shape index (κ1) is 8.15. The third kappa shape index (κ3) is 1.66. The Labute approximate surface area is 78.9 Å². The Balaban J connectivity index is 2.36. The number of benzene rings is 1. The van der Waals surface area contributed by atoms with E-state index in [2.05, 4.69) is 15.0 Å². The number of rotatable bonds is 2. The zero-order chi connectivity index (χ0) is 9.10. The highest BCUT2D eigenvalue weighted by molar-refractivity contribution is 7.16. The maximum absolute atomic E-state index is 4.95. The smallest absolute Gasteiger partial charge is 0.314 e. The van der Waals surface area contributed by atoms with Crippen molar-refractivity contribution in [2.75, 3.05) is 0 Å². The zero-order valence-corrected chi connectivity index (χ0v) is 7.49. The summed E-state index contributed by atoms with van der Waals surface area (Å²) in [5.41, 5.74) is 1.02. The molecule has 0 aliphatic heterocycles. The van der Waals surface area contributed by atoms with E-state index >= 15 is 0 Å². The highest BCUT2D eigenvalue weighted by atomic mass is 32.1. The fourth-order valence-electron chi connectivity index (χ4n) is 0.955. The van der Waals surface area contributed by atoms with E-state index in [-0.39, 0.29) is 0 Å². The number of nitrogens with two attached hydrogens (primary N) is 1. The molecule has 2 aromatic rings. The van der Waals surface area contributed by atoms with Crippen molar-refractivity contribution in [3.05, 3.63) is 30.3 Å². The topological polar surface area (TPSA) is 61.0 Å². The fraction of sp³-hybridized carbons (Fsp3) is 0. The Kier molecular flexibility index (Phi) is 2.20. The van der Waals surface area contributed by atoms with Crippen LogP contribution in [0.4, 0.5) is 0 Å². The Morgan fingerprint density at radius 3 is 2.54 bits per heavy atom. The van der Waals surface area contributed by atoms with Gasteiger partial charge in [-0.1, -0.05) is 46.8 Å². The molecule has 0 radical (unpaired) electrons. The quantitative estimate of drug-likeness (QED) is 0.733. The van der Waals surface area contributed by atoms with Gasteiger partial charge in [-0.15, -0.1) is 5.10 Å². The largest absolute Gasteiger partial charge is 0.378 e. The summed E-state index contributed by atoms with van der Waals surface area (Å²) >= 11 is 1.32. The molecule has 0 fully saturated rings. The van der Waals surface area contributed by atoms with Gasteiger partial charge in [0, 0.05) is 5.56 Å². The van der Waals surface area contributed by atoms with E-state index < -0.39 is 0 Å². The summed E-state index contributed by atoms with van der Waals surface area (Å²) in [6.07, 6.45) is 0. The molecule has 4 nitrogen and oxygen atoms in total. The molecule has 0 saturated carbocycles. The Hall–Kier alpha value is -1.46. The van der Waals surface area contributed by atoms with Crippen molar-refractivity contribution in [1.82, 2.24) is 10.2 Å². The third-order valence-electron chi connectivity index (χ3n) is 1.53. The summed E-state index contributed by atoms with van der Waals surface area (Å²) in [6, 6.07) is 9.76. The molecule has 1 aromatic heterocycles. The van der Waals surface area contributed by atoms with Crippen LogP contribution in [0.25, 0.3) is 10.6 Å². The van der Waals surface area contributed by atoms with E-state index in [9.17, 15) is 0 Å². The minimum atomic E-state index is 0.374. The molecule has 0 spiro atoms. The predicted molar refractivity (Wildman–Crippen MR) is 50.2 cm³/mol. The van der Waals surface area contributed by atoms with Crippen molar-refractivity contribution in [1.29, 1.82) is 0 Å². The lowest BCUT2D eigenvalue weighted by atomic mass is 10.2. The molecular weight excluding hydrogens is 186 g/mol. The van der Waals surface area contributed by atoms with Crippen molar-refractivity contribution in [2.24, 2.45) is 5.90 Å². The van der Waals surface area contributed by atoms with Gasteiger partial charge in [-0.05, 0) is 0 Å². The number of hydrogen-bond donors (Lipinski definition) is 1. The minimum Gasteiger partial charge on any atom is -0.378 e. The molecule has 0 unspecified atom stereocenters. The lowest BCUT2D eigenvalue weighted by Crippen LogP contribution is -2.00. The molecule has 66 valence electrons. The molecule has 1 heterocycles. The van der Waals surface area contributed by atoms with Gasteiger partial charge < -0.3 is 4.84 Å². The highest BCUT2D eigenvalue weighted by Gasteiger charge is 2.05. The van der Waals surface area contributed by atoms with Gasteiger partial charge in [-0.2, -0.15) is 5.90 Å². The van der Waals surface area contributed by atoms with Crippen molar-refractivity contribution in [3.63, 3.8) is 0 Å². The van der Waals surface area contributed by atoms with Crippen LogP contribution in [0, 0.1) is 0 Å². The van der Waals surface area contributed by atoms with Gasteiger partial charge in [0.15, 0.2) is 5.01 Å². The molecule has 5 heteroatoms. The van der Waals surface area contributed by atoms with Crippen molar-refractivity contribution < 1.29 is 4.84 Å². The molecule has 0 atom stereocenters. The lowest BCUT2D eigenvalue weighted by molar-refractivity contribution is 0.329. The second-order valence-electron chi connectivity index (χ2n) is 2.36. The maximum atomic E-state index is 4.95. The van der Waals surface area contributed by atoms with E-state index in [4.69, 9.17) is 5.90 Å². The van der Waals surface area contributed by atoms with Crippen molar-refractivity contribution in [3.8, 4) is 15.8 Å². The van der Waals surface area contributed by atoms with Gasteiger partial charge in [0.25, 0.3) is 0 Å². The third-order valence-corrected chi connectivity index (χ3v) is 2.39. The molecule has 2 rings (SSSR count). The van der Waals surface area contributed by atoms with Gasteiger partial charge in [0.05, 0.1) is 0 Å². The standard InChI is InChI=1S/C8H7N3OS/c9-12-8-11-10-7(13-8)6-4-2-1-3-5-6/h1-5H,9H2. The van der Waals surface area contributed by atoms with Crippen LogP contribution in [-0.4, -0.2) is 10.2 Å². The summed E-state index contributed by atoms with van der Waals surface area (Å²) in [6.45, 7) is 0. The van der Waals surface area contributed by atoms with E-state index in [0.29, 0.717) is 5.19 Å². The van der Waals surface area contributed by atoms with Crippen LogP contribution in [0.2, 0.25) is 0 Å². The molecule has 0 aliphatic carbocycles. The normalized spacial score (nSPS) is 9.92. The Bertz CT molecular complexity index is 387. The van der Waals surface area contributed by atoms with Crippen LogP contribution in [0.15, 0.2) is 30.3 Å². The summed E-state index contributed by atoms with van der Waals surface area (Å²) in [7, 11) is 0. The van der Waals surface area contributed by atoms with Crippen LogP contribution in [0.1, 0.15) is 0 Å². The summed E-state index contributed by atoms with van der Waals surface area (Å²) in [5.74, 6) is 4.95. The molecule has 1 aromatic carbocycles. The van der Waals surface area contributed by atoms with E-state index in [0.717, 1.165) is 10.6 Å². The molecule has 0 amide bonds. The number of hydrogen-bond acceptors (Lipinski definition) is 5. The minimum absolute atomic E-state index is 0.374. The summed E-state index contributed by atoms with van der Waals surface area (Å²) < 4.78 is 0. The second-order valence-corrected chi connectivity index (χ2v) is 3.30. The highest BCUT2D eigenvalue weighted by Crippen LogP contribution is 2.26. The van der Waals surface area contributed by atoms with Crippen LogP contribution < -0.4 is 10.7 Å². The predicted octanol–water partition coefficient (Wildman–Crippen LogP) is 1.46. The average Bonchev–Trinajstić information content (AvgIpc) is 2.67. The van der Waals surface area contributed by atoms with Crippen LogP contribution in [0.3, 0.4) is 0 Å². The van der Waals surface area contributed by atoms with Gasteiger partial charge >= 0.3 is 5.19 Å². The van der Waals surface area contributed by atoms with Crippen molar-refractivity contribution in [2.45, 2.75) is 0 Å². The van der Waals surface area contributed by atoms with Crippen molar-refractivity contribution >= 4 is 11.3 Å². The fourth-order valence-corrected chi connectivity index (χ4v) is 1.59. The molecule has 0 aliphatic rings. The molecule has 0 saturated heterocycles. The van der Waals surface area contributed by atoms with Gasteiger partial charge in [-0.25, -0.2) is 0 Å². The van der Waals surface area contributed by atoms with E-state index in [1.165, 1.54) is 11.3 Å². The molecule has 13 heavy (non-hydrogen) atoms. The SMILES string of the molecule is NOc1nnc(-c2ccccc2)s1. The first-order valence-corrected chi connectivity index (χ1v) is 4.47. The first-order valence-electron chi connectivity index (χ1n) is 3.66. The zero-order valence-electron chi connectivity index (χ0n) is 6.68. The van der Waals surface area contributed by atoms with Gasteiger partial charge in [0.1, 0.15) is 0 Å². The number of nitrogens with zero attached hydrogens (tertiary/aromatic N) is 2. The Morgan fingerprint density at radius 2 is 1.92 bits per heavy atom. The van der Waals surface area contributed by atoms with E-state index in [1.807, 2.05) is 30.3 Å². The number of aromatic nitrogens is 2. The summed E-state index contributed by atoms with van der Waals surface area (Å²) in [4.78, 5) is 4.46. The average molecular weight is 193 g/mol. The van der Waals surface area contributed by atoms with Crippen LogP contribution in [-0.2, 0) is 0 Å². The lowest BCUT2D eigenvalue weighted by Gasteiger charge is -1.91. The van der Waals surface area contributed by atoms with Gasteiger partial charge in [0.2, 0.25) is 0 Å². The van der Waals surface area contributed by atoms with Crippen LogP contribution in [0.5, 0.6) is 5.19 Å². The van der Waals surface area contributed by atoms with Crippen LogP contribution >= 0.6 is 11.3 Å². The second kappa shape index (κ2) is 3.51. The summed E-state index contributed by atoms with van der Waals surface area (Å²) in [5, 5.41) is 8.83. The molecule has 0 bridgehead atoms. The Morgan fingerprint density at radius 1 is 1.15 bits per heavy atom. The van der Waals surface area contributed by atoms with E-state index in [1.54, 1.807) is 0 Å². The monoisotopic (exact) mass is 193 g/mol. The maximum Gasteiger partial charge on any atom is 0.314 e. The molecular formula is C8H7N3OS. The van der Waals surface area contributed by atoms with Gasteiger partial charge in [-0.3, -0.25) is 0 Å².